The number of thiophene rings is 1. The first-order valence-corrected chi connectivity index (χ1v) is 8.79. The number of carboxylic acid groups (broad SMARTS) is 1. The number of carbonyl (C=O) groups excluding carboxylic acids is 2. The summed E-state index contributed by atoms with van der Waals surface area (Å²) in [6.07, 6.45) is 3.57. The Kier molecular flexibility index (Phi) is 4.66. The molecule has 3 heterocycles. The lowest BCUT2D eigenvalue weighted by molar-refractivity contribution is -0.135. The normalized spacial score (nSPS) is 19.1. The van der Waals surface area contributed by atoms with Crippen molar-refractivity contribution < 1.29 is 19.5 Å². The molecule has 6 nitrogen and oxygen atoms in total. The third-order valence-corrected chi connectivity index (χ3v) is 5.64. The highest BCUT2D eigenvalue weighted by Gasteiger charge is 2.31. The van der Waals surface area contributed by atoms with Crippen molar-refractivity contribution in [3.8, 4) is 0 Å². The van der Waals surface area contributed by atoms with E-state index in [1.165, 1.54) is 6.07 Å². The first-order valence-electron chi connectivity index (χ1n) is 7.97. The van der Waals surface area contributed by atoms with E-state index in [1.54, 1.807) is 11.0 Å². The van der Waals surface area contributed by atoms with Gasteiger partial charge in [0.25, 0.3) is 5.91 Å². The van der Waals surface area contributed by atoms with Gasteiger partial charge in [0.2, 0.25) is 5.91 Å². The van der Waals surface area contributed by atoms with Crippen molar-refractivity contribution in [2.45, 2.75) is 25.7 Å². The zero-order valence-electron chi connectivity index (χ0n) is 12.9. The van der Waals surface area contributed by atoms with Crippen molar-refractivity contribution in [1.82, 2.24) is 9.80 Å². The van der Waals surface area contributed by atoms with E-state index in [2.05, 4.69) is 0 Å². The summed E-state index contributed by atoms with van der Waals surface area (Å²) in [5.74, 6) is -0.882. The number of aromatic carboxylic acids is 1. The maximum atomic E-state index is 12.4. The van der Waals surface area contributed by atoms with Crippen LogP contribution < -0.4 is 0 Å². The smallest absolute Gasteiger partial charge is 0.345 e. The molecule has 7 heteroatoms. The summed E-state index contributed by atoms with van der Waals surface area (Å²) in [6.45, 7) is 2.85. The first-order chi connectivity index (χ1) is 11.1. The van der Waals surface area contributed by atoms with Gasteiger partial charge in [0.1, 0.15) is 4.88 Å². The van der Waals surface area contributed by atoms with Crippen LogP contribution >= 0.6 is 11.3 Å². The minimum atomic E-state index is -1.01. The van der Waals surface area contributed by atoms with Gasteiger partial charge in [-0.25, -0.2) is 4.79 Å². The largest absolute Gasteiger partial charge is 0.477 e. The fourth-order valence-corrected chi connectivity index (χ4v) is 4.06. The number of piperidine rings is 1. The Morgan fingerprint density at radius 1 is 0.957 bits per heavy atom. The summed E-state index contributed by atoms with van der Waals surface area (Å²) in [5.41, 5.74) is 0. The lowest BCUT2D eigenvalue weighted by atomic mass is 9.95. The Morgan fingerprint density at radius 2 is 1.57 bits per heavy atom. The average Bonchev–Trinajstić information content (AvgIpc) is 3.25. The summed E-state index contributed by atoms with van der Waals surface area (Å²) < 4.78 is 0. The van der Waals surface area contributed by atoms with Gasteiger partial charge < -0.3 is 14.9 Å². The highest BCUT2D eigenvalue weighted by Crippen LogP contribution is 2.25. The molecule has 0 saturated carbocycles. The molecule has 0 atom stereocenters. The van der Waals surface area contributed by atoms with Gasteiger partial charge in [0, 0.05) is 32.1 Å². The molecular formula is C16H20N2O4S. The molecule has 0 bridgehead atoms. The monoisotopic (exact) mass is 336 g/mol. The summed E-state index contributed by atoms with van der Waals surface area (Å²) in [5, 5.41) is 8.93. The number of amides is 2. The van der Waals surface area contributed by atoms with Gasteiger partial charge >= 0.3 is 5.97 Å². The number of hydrogen-bond acceptors (Lipinski definition) is 4. The highest BCUT2D eigenvalue weighted by atomic mass is 32.1. The summed E-state index contributed by atoms with van der Waals surface area (Å²) in [7, 11) is 0. The van der Waals surface area contributed by atoms with Crippen LogP contribution in [0.25, 0.3) is 0 Å². The molecule has 0 aliphatic carbocycles. The maximum absolute atomic E-state index is 12.4. The Balaban J connectivity index is 1.56. The summed E-state index contributed by atoms with van der Waals surface area (Å²) in [4.78, 5) is 40.0. The number of carbonyl (C=O) groups is 3. The van der Waals surface area contributed by atoms with E-state index in [0.717, 1.165) is 37.3 Å². The first kappa shape index (κ1) is 16.0. The van der Waals surface area contributed by atoms with Crippen molar-refractivity contribution in [1.29, 1.82) is 0 Å². The minimum Gasteiger partial charge on any atom is -0.477 e. The van der Waals surface area contributed by atoms with Crippen molar-refractivity contribution in [3.63, 3.8) is 0 Å². The minimum absolute atomic E-state index is 0.0232. The number of rotatable bonds is 3. The van der Waals surface area contributed by atoms with Crippen LogP contribution in [-0.2, 0) is 4.79 Å². The average molecular weight is 336 g/mol. The van der Waals surface area contributed by atoms with Gasteiger partial charge in [-0.05, 0) is 37.8 Å². The molecule has 1 N–H and O–H groups in total. The SMILES string of the molecule is O=C(O)c1ccc(C(=O)N2CCC(C(=O)N3CCCC3)CC2)s1. The van der Waals surface area contributed by atoms with Gasteiger partial charge in [-0.3, -0.25) is 9.59 Å². The molecule has 2 amide bonds. The predicted molar refractivity (Wildman–Crippen MR) is 85.7 cm³/mol. The fraction of sp³-hybridized carbons (Fsp3) is 0.562. The molecule has 0 spiro atoms. The highest BCUT2D eigenvalue weighted by molar-refractivity contribution is 7.15. The molecule has 124 valence electrons. The van der Waals surface area contributed by atoms with Gasteiger partial charge in [-0.1, -0.05) is 0 Å². The van der Waals surface area contributed by atoms with Crippen LogP contribution in [0, 0.1) is 5.92 Å². The number of nitrogens with zero attached hydrogens (tertiary/aromatic N) is 2. The number of carboxylic acids is 1. The molecule has 3 rings (SSSR count). The topological polar surface area (TPSA) is 77.9 Å². The van der Waals surface area contributed by atoms with Gasteiger partial charge in [0.05, 0.1) is 4.88 Å². The zero-order valence-corrected chi connectivity index (χ0v) is 13.7. The van der Waals surface area contributed by atoms with Crippen molar-refractivity contribution in [3.05, 3.63) is 21.9 Å². The van der Waals surface area contributed by atoms with E-state index in [1.807, 2.05) is 4.90 Å². The third kappa shape index (κ3) is 3.39. The molecule has 0 aromatic carbocycles. The second kappa shape index (κ2) is 6.70. The van der Waals surface area contributed by atoms with Crippen LogP contribution in [0.2, 0.25) is 0 Å². The van der Waals surface area contributed by atoms with Crippen molar-refractivity contribution >= 4 is 29.1 Å². The number of likely N-dealkylation sites (tertiary alicyclic amines) is 2. The van der Waals surface area contributed by atoms with Gasteiger partial charge in [-0.15, -0.1) is 11.3 Å². The van der Waals surface area contributed by atoms with E-state index >= 15 is 0 Å². The lowest BCUT2D eigenvalue weighted by Gasteiger charge is -2.33. The molecular weight excluding hydrogens is 316 g/mol. The summed E-state index contributed by atoms with van der Waals surface area (Å²) >= 11 is 1.00. The van der Waals surface area contributed by atoms with Crippen LogP contribution in [0.3, 0.4) is 0 Å². The van der Waals surface area contributed by atoms with E-state index in [0.29, 0.717) is 30.8 Å². The van der Waals surface area contributed by atoms with Crippen LogP contribution in [0.5, 0.6) is 0 Å². The van der Waals surface area contributed by atoms with E-state index in [9.17, 15) is 14.4 Å². The van der Waals surface area contributed by atoms with Crippen LogP contribution in [0.1, 0.15) is 45.0 Å². The second-order valence-corrected chi connectivity index (χ2v) is 7.15. The molecule has 0 radical (unpaired) electrons. The standard InChI is InChI=1S/C16H20N2O4S/c19-14(17-7-1-2-8-17)11-5-9-18(10-6-11)15(20)12-3-4-13(23-12)16(21)22/h3-4,11H,1-2,5-10H2,(H,21,22). The molecule has 1 aromatic heterocycles. The van der Waals surface area contributed by atoms with Gasteiger partial charge in [0.15, 0.2) is 0 Å². The molecule has 1 aromatic rings. The lowest BCUT2D eigenvalue weighted by Crippen LogP contribution is -2.43. The quantitative estimate of drug-likeness (QED) is 0.915. The van der Waals surface area contributed by atoms with Gasteiger partial charge in [-0.2, -0.15) is 0 Å². The van der Waals surface area contributed by atoms with Crippen molar-refractivity contribution in [2.24, 2.45) is 5.92 Å². The second-order valence-electron chi connectivity index (χ2n) is 6.07. The Morgan fingerprint density at radius 3 is 2.13 bits per heavy atom. The van der Waals surface area contributed by atoms with Crippen LogP contribution in [0.15, 0.2) is 12.1 Å². The van der Waals surface area contributed by atoms with E-state index in [4.69, 9.17) is 5.11 Å². The number of hydrogen-bond donors (Lipinski definition) is 1. The zero-order chi connectivity index (χ0) is 16.4. The van der Waals surface area contributed by atoms with Crippen LogP contribution in [0.4, 0.5) is 0 Å². The van der Waals surface area contributed by atoms with E-state index in [-0.39, 0.29) is 22.6 Å². The molecule has 2 saturated heterocycles. The van der Waals surface area contributed by atoms with E-state index < -0.39 is 5.97 Å². The predicted octanol–water partition coefficient (Wildman–Crippen LogP) is 1.92. The Hall–Kier alpha value is -1.89. The maximum Gasteiger partial charge on any atom is 0.345 e. The molecule has 2 fully saturated rings. The Bertz CT molecular complexity index is 613. The fourth-order valence-electron chi connectivity index (χ4n) is 3.25. The molecule has 2 aliphatic rings. The molecule has 0 unspecified atom stereocenters. The van der Waals surface area contributed by atoms with Crippen LogP contribution in [-0.4, -0.2) is 58.9 Å². The molecule has 23 heavy (non-hydrogen) atoms. The molecule has 2 aliphatic heterocycles. The van der Waals surface area contributed by atoms with Crippen molar-refractivity contribution in [2.75, 3.05) is 26.2 Å². The Labute approximate surface area is 138 Å². The third-order valence-electron chi connectivity index (χ3n) is 4.58. The summed E-state index contributed by atoms with van der Waals surface area (Å²) in [6, 6.07) is 3.03.